The third-order valence-corrected chi connectivity index (χ3v) is 4.03. The van der Waals surface area contributed by atoms with Gasteiger partial charge in [0.2, 0.25) is 0 Å². The van der Waals surface area contributed by atoms with Crippen molar-refractivity contribution in [3.63, 3.8) is 0 Å². The smallest absolute Gasteiger partial charge is 0.339 e. The number of carboxylic acid groups (broad SMARTS) is 1. The highest BCUT2D eigenvalue weighted by Crippen LogP contribution is 2.33. The molecule has 0 radical (unpaired) electrons. The Morgan fingerprint density at radius 2 is 2.05 bits per heavy atom. The second kappa shape index (κ2) is 6.64. The van der Waals surface area contributed by atoms with Crippen molar-refractivity contribution in [1.82, 2.24) is 0 Å². The van der Waals surface area contributed by atoms with Crippen molar-refractivity contribution in [2.45, 2.75) is 6.61 Å². The number of rotatable bonds is 4. The predicted octanol–water partition coefficient (Wildman–Crippen LogP) is 5.17. The molecule has 0 saturated heterocycles. The molecule has 7 heteroatoms. The van der Waals surface area contributed by atoms with E-state index in [0.29, 0.717) is 5.56 Å². The lowest BCUT2D eigenvalue weighted by Crippen LogP contribution is -2.05. The molecule has 21 heavy (non-hydrogen) atoms. The van der Waals surface area contributed by atoms with Gasteiger partial charge < -0.3 is 9.84 Å². The summed E-state index contributed by atoms with van der Waals surface area (Å²) < 4.78 is 19.1. The van der Waals surface area contributed by atoms with Crippen LogP contribution in [0.3, 0.4) is 0 Å². The third kappa shape index (κ3) is 3.67. The number of carboxylic acids is 1. The Bertz CT molecular complexity index is 707. The molecule has 110 valence electrons. The first-order valence-electron chi connectivity index (χ1n) is 5.68. The maximum absolute atomic E-state index is 13.4. The maximum Gasteiger partial charge on any atom is 0.339 e. The summed E-state index contributed by atoms with van der Waals surface area (Å²) >= 11 is 14.8. The molecule has 0 heterocycles. The molecule has 0 spiro atoms. The largest absolute Gasteiger partial charge is 0.486 e. The first kappa shape index (κ1) is 16.1. The van der Waals surface area contributed by atoms with Gasteiger partial charge in [0, 0.05) is 10.6 Å². The number of benzene rings is 2. The van der Waals surface area contributed by atoms with Gasteiger partial charge in [0.25, 0.3) is 0 Å². The summed E-state index contributed by atoms with van der Waals surface area (Å²) in [6, 6.07) is 7.10. The molecule has 0 atom stereocenters. The Morgan fingerprint density at radius 3 is 2.71 bits per heavy atom. The highest BCUT2D eigenvalue weighted by atomic mass is 79.9. The SMILES string of the molecule is O=C(O)c1cc(Cl)cc(Cl)c1OCc1cccc(F)c1Br. The van der Waals surface area contributed by atoms with Crippen LogP contribution in [-0.4, -0.2) is 11.1 Å². The minimum Gasteiger partial charge on any atom is -0.486 e. The van der Waals surface area contributed by atoms with Crippen LogP contribution in [0.2, 0.25) is 10.0 Å². The van der Waals surface area contributed by atoms with Gasteiger partial charge in [-0.3, -0.25) is 0 Å². The van der Waals surface area contributed by atoms with Crippen LogP contribution in [0.4, 0.5) is 4.39 Å². The molecule has 0 amide bonds. The van der Waals surface area contributed by atoms with Crippen molar-refractivity contribution in [3.05, 3.63) is 61.8 Å². The van der Waals surface area contributed by atoms with Crippen LogP contribution in [-0.2, 0) is 6.61 Å². The summed E-state index contributed by atoms with van der Waals surface area (Å²) in [5.74, 6) is -1.66. The second-order valence-corrected chi connectivity index (χ2v) is 5.71. The van der Waals surface area contributed by atoms with Crippen molar-refractivity contribution in [3.8, 4) is 5.75 Å². The van der Waals surface area contributed by atoms with E-state index in [1.165, 1.54) is 24.3 Å². The van der Waals surface area contributed by atoms with Crippen molar-refractivity contribution in [1.29, 1.82) is 0 Å². The van der Waals surface area contributed by atoms with E-state index in [2.05, 4.69) is 15.9 Å². The minimum atomic E-state index is -1.22. The number of hydrogen-bond acceptors (Lipinski definition) is 2. The van der Waals surface area contributed by atoms with Gasteiger partial charge >= 0.3 is 5.97 Å². The molecule has 0 fully saturated rings. The Morgan fingerprint density at radius 1 is 1.33 bits per heavy atom. The molecule has 0 aliphatic carbocycles. The average Bonchev–Trinajstić information content (AvgIpc) is 2.41. The highest BCUT2D eigenvalue weighted by Gasteiger charge is 2.17. The topological polar surface area (TPSA) is 46.5 Å². The first-order valence-corrected chi connectivity index (χ1v) is 7.23. The summed E-state index contributed by atoms with van der Waals surface area (Å²) in [4.78, 5) is 11.2. The van der Waals surface area contributed by atoms with Gasteiger partial charge in [-0.1, -0.05) is 35.3 Å². The normalized spacial score (nSPS) is 10.5. The zero-order chi connectivity index (χ0) is 15.6. The zero-order valence-corrected chi connectivity index (χ0v) is 13.5. The highest BCUT2D eigenvalue weighted by molar-refractivity contribution is 9.10. The fraction of sp³-hybridized carbons (Fsp3) is 0.0714. The fourth-order valence-electron chi connectivity index (χ4n) is 1.68. The van der Waals surface area contributed by atoms with Gasteiger partial charge in [-0.15, -0.1) is 0 Å². The van der Waals surface area contributed by atoms with Gasteiger partial charge in [-0.2, -0.15) is 0 Å². The predicted molar refractivity (Wildman–Crippen MR) is 81.9 cm³/mol. The maximum atomic E-state index is 13.4. The quantitative estimate of drug-likeness (QED) is 0.779. The fourth-order valence-corrected chi connectivity index (χ4v) is 2.60. The minimum absolute atomic E-state index is 0.00951. The van der Waals surface area contributed by atoms with Crippen molar-refractivity contribution in [2.75, 3.05) is 0 Å². The van der Waals surface area contributed by atoms with Gasteiger partial charge in [0.1, 0.15) is 18.0 Å². The monoisotopic (exact) mass is 392 g/mol. The Hall–Kier alpha value is -1.30. The molecule has 0 saturated carbocycles. The van der Waals surface area contributed by atoms with Crippen LogP contribution in [0, 0.1) is 5.82 Å². The van der Waals surface area contributed by atoms with Gasteiger partial charge in [0.05, 0.1) is 9.50 Å². The molecule has 0 aliphatic rings. The molecule has 2 rings (SSSR count). The van der Waals surface area contributed by atoms with Crippen molar-refractivity contribution < 1.29 is 19.0 Å². The van der Waals surface area contributed by atoms with Crippen LogP contribution in [0.15, 0.2) is 34.8 Å². The molecule has 3 nitrogen and oxygen atoms in total. The van der Waals surface area contributed by atoms with E-state index in [4.69, 9.17) is 33.0 Å². The molecule has 1 N–H and O–H groups in total. The van der Waals surface area contributed by atoms with Gasteiger partial charge in [-0.05, 0) is 34.1 Å². The summed E-state index contributed by atoms with van der Waals surface area (Å²) in [5, 5.41) is 9.41. The van der Waals surface area contributed by atoms with Gasteiger partial charge in [0.15, 0.2) is 5.75 Å². The third-order valence-electron chi connectivity index (χ3n) is 2.64. The lowest BCUT2D eigenvalue weighted by atomic mass is 10.2. The van der Waals surface area contributed by atoms with Crippen LogP contribution in [0.5, 0.6) is 5.75 Å². The zero-order valence-electron chi connectivity index (χ0n) is 10.4. The number of ether oxygens (including phenoxy) is 1. The van der Waals surface area contributed by atoms with Gasteiger partial charge in [-0.25, -0.2) is 9.18 Å². The Kier molecular flexibility index (Phi) is 5.08. The van der Waals surface area contributed by atoms with Crippen LogP contribution < -0.4 is 4.74 Å². The summed E-state index contributed by atoms with van der Waals surface area (Å²) in [6.45, 7) is -0.0417. The number of aromatic carboxylic acids is 1. The van der Waals surface area contributed by atoms with Crippen molar-refractivity contribution in [2.24, 2.45) is 0 Å². The van der Waals surface area contributed by atoms with E-state index >= 15 is 0 Å². The molecule has 2 aromatic carbocycles. The van der Waals surface area contributed by atoms with E-state index in [1.54, 1.807) is 6.07 Å². The molecule has 2 aromatic rings. The van der Waals surface area contributed by atoms with E-state index in [-0.39, 0.29) is 32.4 Å². The Balaban J connectivity index is 2.32. The Labute approximate surface area is 138 Å². The first-order chi connectivity index (χ1) is 9.90. The number of halogens is 4. The lowest BCUT2D eigenvalue weighted by Gasteiger charge is -2.12. The standard InChI is InChI=1S/C14H8BrCl2FO3/c15-12-7(2-1-3-11(12)18)6-21-13-9(14(19)20)4-8(16)5-10(13)17/h1-5H,6H2,(H,19,20). The van der Waals surface area contributed by atoms with E-state index in [1.807, 2.05) is 0 Å². The summed E-state index contributed by atoms with van der Waals surface area (Å²) in [7, 11) is 0. The molecule has 0 bridgehead atoms. The number of carbonyl (C=O) groups is 1. The van der Waals surface area contributed by atoms with Crippen LogP contribution in [0.25, 0.3) is 0 Å². The summed E-state index contributed by atoms with van der Waals surface area (Å²) in [6.07, 6.45) is 0. The molecule has 0 aromatic heterocycles. The summed E-state index contributed by atoms with van der Waals surface area (Å²) in [5.41, 5.74) is 0.373. The number of hydrogen-bond donors (Lipinski definition) is 1. The van der Waals surface area contributed by atoms with E-state index in [9.17, 15) is 9.18 Å². The second-order valence-electron chi connectivity index (χ2n) is 4.07. The lowest BCUT2D eigenvalue weighted by molar-refractivity contribution is 0.0691. The van der Waals surface area contributed by atoms with E-state index < -0.39 is 11.8 Å². The molecule has 0 aliphatic heterocycles. The average molecular weight is 394 g/mol. The molecular formula is C14H8BrCl2FO3. The molecular weight excluding hydrogens is 386 g/mol. The molecule has 0 unspecified atom stereocenters. The van der Waals surface area contributed by atoms with Crippen LogP contribution >= 0.6 is 39.1 Å². The van der Waals surface area contributed by atoms with E-state index in [0.717, 1.165) is 0 Å². The van der Waals surface area contributed by atoms with Crippen molar-refractivity contribution >= 4 is 45.1 Å². The van der Waals surface area contributed by atoms with Crippen LogP contribution in [0.1, 0.15) is 15.9 Å².